The van der Waals surface area contributed by atoms with Gasteiger partial charge < -0.3 is 10.4 Å². The number of anilines is 1. The van der Waals surface area contributed by atoms with Crippen molar-refractivity contribution in [1.29, 1.82) is 0 Å². The maximum absolute atomic E-state index is 9.11. The van der Waals surface area contributed by atoms with Gasteiger partial charge in [0.05, 0.1) is 5.52 Å². The SMILES string of the molecule is CCCC(CCO)CNc1nc2ccccc2cc1C. The molecule has 1 aromatic heterocycles. The van der Waals surface area contributed by atoms with Gasteiger partial charge >= 0.3 is 0 Å². The zero-order chi connectivity index (χ0) is 14.4. The van der Waals surface area contributed by atoms with Crippen LogP contribution in [0.2, 0.25) is 0 Å². The minimum Gasteiger partial charge on any atom is -0.396 e. The highest BCUT2D eigenvalue weighted by molar-refractivity contribution is 5.81. The van der Waals surface area contributed by atoms with Crippen LogP contribution in [0.25, 0.3) is 10.9 Å². The van der Waals surface area contributed by atoms with E-state index >= 15 is 0 Å². The Morgan fingerprint density at radius 1 is 1.25 bits per heavy atom. The first-order valence-corrected chi connectivity index (χ1v) is 7.45. The van der Waals surface area contributed by atoms with Gasteiger partial charge in [-0.25, -0.2) is 4.98 Å². The molecule has 0 spiro atoms. The second-order valence-corrected chi connectivity index (χ2v) is 5.39. The summed E-state index contributed by atoms with van der Waals surface area (Å²) in [6.45, 7) is 5.41. The van der Waals surface area contributed by atoms with E-state index in [9.17, 15) is 0 Å². The molecule has 0 radical (unpaired) electrons. The van der Waals surface area contributed by atoms with Gasteiger partial charge in [0, 0.05) is 18.5 Å². The molecule has 3 nitrogen and oxygen atoms in total. The van der Waals surface area contributed by atoms with E-state index in [2.05, 4.69) is 31.3 Å². The Balaban J connectivity index is 2.10. The number of nitrogens with one attached hydrogen (secondary N) is 1. The van der Waals surface area contributed by atoms with E-state index in [1.807, 2.05) is 18.2 Å². The topological polar surface area (TPSA) is 45.1 Å². The average molecular weight is 272 g/mol. The lowest BCUT2D eigenvalue weighted by Gasteiger charge is -2.17. The maximum atomic E-state index is 9.11. The Morgan fingerprint density at radius 2 is 2.05 bits per heavy atom. The van der Waals surface area contributed by atoms with Crippen LogP contribution < -0.4 is 5.32 Å². The van der Waals surface area contributed by atoms with Gasteiger partial charge in [-0.05, 0) is 43.4 Å². The molecule has 2 rings (SSSR count). The standard InChI is InChI=1S/C17H24N2O/c1-3-6-14(9-10-20)12-18-17-13(2)11-15-7-4-5-8-16(15)19-17/h4-5,7-8,11,14,20H,3,6,9-10,12H2,1-2H3,(H,18,19). The fraction of sp³-hybridized carbons (Fsp3) is 0.471. The third-order valence-electron chi connectivity index (χ3n) is 3.71. The summed E-state index contributed by atoms with van der Waals surface area (Å²) < 4.78 is 0. The summed E-state index contributed by atoms with van der Waals surface area (Å²) >= 11 is 0. The molecule has 0 aliphatic heterocycles. The number of nitrogens with zero attached hydrogens (tertiary/aromatic N) is 1. The van der Waals surface area contributed by atoms with Crippen LogP contribution in [-0.2, 0) is 0 Å². The Hall–Kier alpha value is -1.61. The number of hydrogen-bond donors (Lipinski definition) is 2. The molecule has 1 unspecified atom stereocenters. The van der Waals surface area contributed by atoms with Gasteiger partial charge in [0.25, 0.3) is 0 Å². The first-order chi connectivity index (χ1) is 9.74. The molecule has 108 valence electrons. The van der Waals surface area contributed by atoms with Gasteiger partial charge in [-0.15, -0.1) is 0 Å². The smallest absolute Gasteiger partial charge is 0.129 e. The molecule has 0 saturated heterocycles. The number of aromatic nitrogens is 1. The van der Waals surface area contributed by atoms with Crippen LogP contribution in [0, 0.1) is 12.8 Å². The van der Waals surface area contributed by atoms with Crippen molar-refractivity contribution in [3.05, 3.63) is 35.9 Å². The van der Waals surface area contributed by atoms with Crippen LogP contribution in [0.15, 0.2) is 30.3 Å². The predicted octanol–water partition coefficient (Wildman–Crippen LogP) is 3.75. The second-order valence-electron chi connectivity index (χ2n) is 5.39. The van der Waals surface area contributed by atoms with Gasteiger partial charge in [0.2, 0.25) is 0 Å². The first-order valence-electron chi connectivity index (χ1n) is 7.45. The van der Waals surface area contributed by atoms with Crippen LogP contribution >= 0.6 is 0 Å². The number of aryl methyl sites for hydroxylation is 1. The number of rotatable bonds is 7. The third kappa shape index (κ3) is 3.70. The van der Waals surface area contributed by atoms with Gasteiger partial charge in [-0.1, -0.05) is 31.5 Å². The zero-order valence-electron chi connectivity index (χ0n) is 12.4. The molecule has 0 bridgehead atoms. The Morgan fingerprint density at radius 3 is 2.80 bits per heavy atom. The second kappa shape index (κ2) is 7.25. The molecule has 1 atom stereocenters. The van der Waals surface area contributed by atoms with E-state index in [1.165, 1.54) is 10.9 Å². The van der Waals surface area contributed by atoms with Crippen molar-refractivity contribution in [1.82, 2.24) is 4.98 Å². The van der Waals surface area contributed by atoms with Crippen molar-refractivity contribution in [3.8, 4) is 0 Å². The van der Waals surface area contributed by atoms with E-state index in [0.29, 0.717) is 5.92 Å². The van der Waals surface area contributed by atoms with Crippen molar-refractivity contribution in [2.75, 3.05) is 18.5 Å². The van der Waals surface area contributed by atoms with Crippen molar-refractivity contribution < 1.29 is 5.11 Å². The van der Waals surface area contributed by atoms with Crippen LogP contribution in [0.4, 0.5) is 5.82 Å². The molecule has 0 aliphatic rings. The molecule has 0 fully saturated rings. The number of aliphatic hydroxyl groups excluding tert-OH is 1. The number of pyridine rings is 1. The van der Waals surface area contributed by atoms with E-state index in [4.69, 9.17) is 10.1 Å². The molecular weight excluding hydrogens is 248 g/mol. The third-order valence-corrected chi connectivity index (χ3v) is 3.71. The molecule has 20 heavy (non-hydrogen) atoms. The molecule has 0 amide bonds. The fourth-order valence-corrected chi connectivity index (χ4v) is 2.58. The maximum Gasteiger partial charge on any atom is 0.129 e. The van der Waals surface area contributed by atoms with Gasteiger partial charge in [-0.2, -0.15) is 0 Å². The Labute approximate surface area is 121 Å². The highest BCUT2D eigenvalue weighted by Crippen LogP contribution is 2.20. The van der Waals surface area contributed by atoms with E-state index in [-0.39, 0.29) is 6.61 Å². The molecule has 2 aromatic rings. The number of para-hydroxylation sites is 1. The fourth-order valence-electron chi connectivity index (χ4n) is 2.58. The summed E-state index contributed by atoms with van der Waals surface area (Å²) in [6, 6.07) is 10.3. The lowest BCUT2D eigenvalue weighted by atomic mass is 10.0. The minimum absolute atomic E-state index is 0.260. The Kier molecular flexibility index (Phi) is 5.36. The number of hydrogen-bond acceptors (Lipinski definition) is 3. The molecule has 3 heteroatoms. The first kappa shape index (κ1) is 14.8. The summed E-state index contributed by atoms with van der Waals surface area (Å²) in [7, 11) is 0. The summed E-state index contributed by atoms with van der Waals surface area (Å²) in [5.74, 6) is 1.47. The highest BCUT2D eigenvalue weighted by Gasteiger charge is 2.09. The van der Waals surface area contributed by atoms with E-state index in [1.54, 1.807) is 0 Å². The van der Waals surface area contributed by atoms with Gasteiger partial charge in [0.1, 0.15) is 5.82 Å². The van der Waals surface area contributed by atoms with E-state index < -0.39 is 0 Å². The largest absolute Gasteiger partial charge is 0.396 e. The molecule has 0 aliphatic carbocycles. The quantitative estimate of drug-likeness (QED) is 0.806. The van der Waals surface area contributed by atoms with Gasteiger partial charge in [-0.3, -0.25) is 0 Å². The van der Waals surface area contributed by atoms with Crippen LogP contribution in [-0.4, -0.2) is 23.2 Å². The number of benzene rings is 1. The number of aliphatic hydroxyl groups is 1. The molecular formula is C17H24N2O. The van der Waals surface area contributed by atoms with Crippen molar-refractivity contribution in [2.45, 2.75) is 33.1 Å². The lowest BCUT2D eigenvalue weighted by Crippen LogP contribution is -2.17. The summed E-state index contributed by atoms with van der Waals surface area (Å²) in [4.78, 5) is 4.69. The molecule has 2 N–H and O–H groups in total. The minimum atomic E-state index is 0.260. The lowest BCUT2D eigenvalue weighted by molar-refractivity contribution is 0.255. The van der Waals surface area contributed by atoms with Gasteiger partial charge in [0.15, 0.2) is 0 Å². The summed E-state index contributed by atoms with van der Waals surface area (Å²) in [5.41, 5.74) is 2.19. The van der Waals surface area contributed by atoms with Crippen LogP contribution in [0.5, 0.6) is 0 Å². The number of fused-ring (bicyclic) bond motifs is 1. The zero-order valence-corrected chi connectivity index (χ0v) is 12.4. The predicted molar refractivity (Wildman–Crippen MR) is 85.1 cm³/mol. The monoisotopic (exact) mass is 272 g/mol. The molecule has 1 aromatic carbocycles. The van der Waals surface area contributed by atoms with Crippen molar-refractivity contribution in [3.63, 3.8) is 0 Å². The molecule has 0 saturated carbocycles. The summed E-state index contributed by atoms with van der Waals surface area (Å²) in [6.07, 6.45) is 3.14. The van der Waals surface area contributed by atoms with Crippen LogP contribution in [0.1, 0.15) is 31.7 Å². The van der Waals surface area contributed by atoms with Crippen LogP contribution in [0.3, 0.4) is 0 Å². The highest BCUT2D eigenvalue weighted by atomic mass is 16.3. The van der Waals surface area contributed by atoms with Crippen molar-refractivity contribution >= 4 is 16.7 Å². The van der Waals surface area contributed by atoms with E-state index in [0.717, 1.165) is 37.1 Å². The Bertz CT molecular complexity index is 548. The average Bonchev–Trinajstić information content (AvgIpc) is 2.45. The van der Waals surface area contributed by atoms with Crippen molar-refractivity contribution in [2.24, 2.45) is 5.92 Å². The normalized spacial score (nSPS) is 12.6. The molecule has 1 heterocycles. The summed E-state index contributed by atoms with van der Waals surface area (Å²) in [5, 5.41) is 13.7.